The summed E-state index contributed by atoms with van der Waals surface area (Å²) >= 11 is 0. The van der Waals surface area contributed by atoms with Crippen molar-refractivity contribution in [1.29, 1.82) is 0 Å². The lowest BCUT2D eigenvalue weighted by Crippen LogP contribution is -2.71. The number of hydrogen-bond acceptors (Lipinski definition) is 6. The van der Waals surface area contributed by atoms with Gasteiger partial charge in [-0.25, -0.2) is 9.59 Å². The molecule has 0 radical (unpaired) electrons. The third-order valence-corrected chi connectivity index (χ3v) is 3.48. The Morgan fingerprint density at radius 3 is 1.36 bits per heavy atom. The molecule has 0 aliphatic carbocycles. The van der Waals surface area contributed by atoms with Crippen LogP contribution in [-0.2, 0) is 19.1 Å². The zero-order valence-electron chi connectivity index (χ0n) is 25.8. The zero-order chi connectivity index (χ0) is 32.7. The highest BCUT2D eigenvalue weighted by Gasteiger charge is 2.29. The molecule has 0 aromatic heterocycles. The molecule has 14 heteroatoms. The van der Waals surface area contributed by atoms with E-state index >= 15 is 0 Å². The van der Waals surface area contributed by atoms with Gasteiger partial charge in [-0.05, 0) is 68.2 Å². The molecule has 0 aromatic carbocycles. The summed E-state index contributed by atoms with van der Waals surface area (Å²) in [5, 5.41) is 22.8. The number of carboxylic acids is 2. The number of aliphatic carboxylic acids is 2. The molecule has 0 heterocycles. The fourth-order valence-corrected chi connectivity index (χ4v) is 1.71. The van der Waals surface area contributed by atoms with Crippen molar-refractivity contribution in [2.45, 2.75) is 125 Å². The number of amides is 2. The molecule has 0 rings (SSSR count). The SMILES string of the molecule is CC(C)(C)[NH3+].CC(C)[C@@H](NC(=O)OC(C)(C)C)C(=O)O.CC(C)[C@@H]([NH3+])C(=O)NC(C)(C)C.O=C([O-])C(F)(F)F. The van der Waals surface area contributed by atoms with E-state index in [1.54, 1.807) is 34.6 Å². The van der Waals surface area contributed by atoms with Gasteiger partial charge >= 0.3 is 18.2 Å². The van der Waals surface area contributed by atoms with Crippen LogP contribution < -0.4 is 27.2 Å². The number of carbonyl (C=O) groups excluding carboxylic acids is 3. The van der Waals surface area contributed by atoms with Gasteiger partial charge in [-0.3, -0.25) is 4.79 Å². The minimum atomic E-state index is -5.19. The molecule has 0 aliphatic heterocycles. The second kappa shape index (κ2) is 17.9. The van der Waals surface area contributed by atoms with Gasteiger partial charge in [-0.1, -0.05) is 27.7 Å². The lowest BCUT2D eigenvalue weighted by Gasteiger charge is -2.23. The lowest BCUT2D eigenvalue weighted by molar-refractivity contribution is -0.458. The molecule has 2 atom stereocenters. The van der Waals surface area contributed by atoms with Gasteiger partial charge in [-0.2, -0.15) is 13.2 Å². The van der Waals surface area contributed by atoms with Crippen LogP contribution in [0.25, 0.3) is 0 Å². The monoisotopic (exact) mass is 577 g/mol. The molecule has 234 valence electrons. The first-order chi connectivity index (χ1) is 16.8. The Hall–Kier alpha value is -2.61. The summed E-state index contributed by atoms with van der Waals surface area (Å²) in [4.78, 5) is 42.3. The number of carboxylic acid groups (broad SMARTS) is 2. The van der Waals surface area contributed by atoms with Crippen molar-refractivity contribution in [1.82, 2.24) is 10.6 Å². The molecule has 0 aliphatic rings. The summed E-state index contributed by atoms with van der Waals surface area (Å²) in [5.41, 5.74) is 7.06. The Balaban J connectivity index is -0.000000227. The van der Waals surface area contributed by atoms with E-state index < -0.39 is 35.9 Å². The molecule has 0 aromatic rings. The first-order valence-corrected chi connectivity index (χ1v) is 12.3. The van der Waals surface area contributed by atoms with Crippen LogP contribution in [-0.4, -0.2) is 64.0 Å². The fourth-order valence-electron chi connectivity index (χ4n) is 1.71. The normalized spacial score (nSPS) is 13.2. The predicted molar refractivity (Wildman–Crippen MR) is 139 cm³/mol. The summed E-state index contributed by atoms with van der Waals surface area (Å²) < 4.78 is 36.5. The largest absolute Gasteiger partial charge is 0.542 e. The van der Waals surface area contributed by atoms with Crippen LogP contribution in [0.3, 0.4) is 0 Å². The number of halogens is 3. The summed E-state index contributed by atoms with van der Waals surface area (Å²) in [6, 6.07) is -1.07. The zero-order valence-corrected chi connectivity index (χ0v) is 25.8. The molecule has 2 amide bonds. The van der Waals surface area contributed by atoms with Crippen LogP contribution in [0.2, 0.25) is 0 Å². The highest BCUT2D eigenvalue weighted by Crippen LogP contribution is 2.11. The van der Waals surface area contributed by atoms with Gasteiger partial charge in [0, 0.05) is 11.5 Å². The maximum absolute atomic E-state index is 11.4. The molecule has 0 fully saturated rings. The van der Waals surface area contributed by atoms with Crippen molar-refractivity contribution < 1.29 is 58.8 Å². The first kappa shape index (κ1) is 43.4. The van der Waals surface area contributed by atoms with Gasteiger partial charge in [0.1, 0.15) is 17.6 Å². The maximum Gasteiger partial charge on any atom is 0.430 e. The van der Waals surface area contributed by atoms with E-state index in [1.165, 1.54) is 0 Å². The minimum absolute atomic E-state index is 0.0394. The minimum Gasteiger partial charge on any atom is -0.542 e. The molecule has 0 bridgehead atoms. The molecule has 0 saturated heterocycles. The quantitative estimate of drug-likeness (QED) is 0.322. The van der Waals surface area contributed by atoms with Gasteiger partial charge in [0.25, 0.3) is 5.91 Å². The Morgan fingerprint density at radius 1 is 0.846 bits per heavy atom. The molecule has 0 unspecified atom stereocenters. The van der Waals surface area contributed by atoms with Crippen molar-refractivity contribution in [2.75, 3.05) is 0 Å². The summed E-state index contributed by atoms with van der Waals surface area (Å²) in [6.45, 7) is 24.7. The average molecular weight is 578 g/mol. The number of carbonyl (C=O) groups is 4. The van der Waals surface area contributed by atoms with Gasteiger partial charge in [0.15, 0.2) is 6.04 Å². The number of hydrogen-bond donors (Lipinski definition) is 5. The van der Waals surface area contributed by atoms with Gasteiger partial charge in [0.05, 0.1) is 5.54 Å². The number of rotatable bonds is 5. The summed E-state index contributed by atoms with van der Waals surface area (Å²) in [5.74, 6) is -3.91. The Labute approximate surface area is 230 Å². The third-order valence-electron chi connectivity index (χ3n) is 3.48. The molecule has 11 nitrogen and oxygen atoms in total. The van der Waals surface area contributed by atoms with E-state index in [0.29, 0.717) is 5.92 Å². The molecule has 39 heavy (non-hydrogen) atoms. The van der Waals surface area contributed by atoms with Crippen LogP contribution in [0.4, 0.5) is 18.0 Å². The van der Waals surface area contributed by atoms with Crippen LogP contribution in [0.1, 0.15) is 90.0 Å². The fraction of sp³-hybridized carbons (Fsp3) is 0.840. The maximum atomic E-state index is 11.4. The average Bonchev–Trinajstić information content (AvgIpc) is 2.60. The van der Waals surface area contributed by atoms with Crippen molar-refractivity contribution in [3.8, 4) is 0 Å². The number of ether oxygens (including phenoxy) is 1. The molecule has 0 spiro atoms. The number of nitrogens with one attached hydrogen (secondary N) is 2. The topological polar surface area (TPSA) is 200 Å². The Bertz CT molecular complexity index is 747. The lowest BCUT2D eigenvalue weighted by atomic mass is 10.0. The van der Waals surface area contributed by atoms with E-state index in [1.807, 2.05) is 34.6 Å². The Kier molecular flexibility index (Phi) is 19.9. The van der Waals surface area contributed by atoms with Crippen LogP contribution in [0.5, 0.6) is 0 Å². The number of quaternary nitrogens is 2. The number of alkyl halides is 3. The highest BCUT2D eigenvalue weighted by atomic mass is 19.4. The highest BCUT2D eigenvalue weighted by molar-refractivity contribution is 5.81. The molecular formula is C25H52F3N4O7+. The van der Waals surface area contributed by atoms with Gasteiger partial charge in [0.2, 0.25) is 0 Å². The van der Waals surface area contributed by atoms with Gasteiger partial charge < -0.3 is 41.8 Å². The summed E-state index contributed by atoms with van der Waals surface area (Å²) in [6.07, 6.45) is -5.90. The molecular weight excluding hydrogens is 525 g/mol. The van der Waals surface area contributed by atoms with E-state index in [4.69, 9.17) is 19.7 Å². The first-order valence-electron chi connectivity index (χ1n) is 12.3. The van der Waals surface area contributed by atoms with Crippen molar-refractivity contribution in [3.63, 3.8) is 0 Å². The second-order valence-corrected chi connectivity index (χ2v) is 12.6. The van der Waals surface area contributed by atoms with Crippen LogP contribution >= 0.6 is 0 Å². The van der Waals surface area contributed by atoms with E-state index in [9.17, 15) is 27.6 Å². The van der Waals surface area contributed by atoms with Crippen molar-refractivity contribution >= 4 is 23.9 Å². The molecule has 0 saturated carbocycles. The van der Waals surface area contributed by atoms with Crippen molar-refractivity contribution in [3.05, 3.63) is 0 Å². The van der Waals surface area contributed by atoms with Gasteiger partial charge in [-0.15, -0.1) is 0 Å². The standard InChI is InChI=1S/C10H19NO4.C9H20N2O.C4H11N.C2HF3O2/c1-6(2)7(8(12)13)11-9(14)15-10(3,4)5;1-6(2)7(10)8(12)11-9(3,4)5;1-4(2,3)5;3-2(4,5)1(6)7/h6-7H,1-5H3,(H,11,14)(H,12,13);6-7H,10H2,1-5H3,(H,11,12);5H2,1-3H3;(H,6,7)/p+1/t2*7-;;/m11../s1. The predicted octanol–water partition coefficient (Wildman–Crippen LogP) is 1.11. The van der Waals surface area contributed by atoms with E-state index in [0.717, 1.165) is 0 Å². The molecule has 9 N–H and O–H groups in total. The third kappa shape index (κ3) is 35.4. The Morgan fingerprint density at radius 2 is 1.18 bits per heavy atom. The van der Waals surface area contributed by atoms with E-state index in [2.05, 4.69) is 42.9 Å². The summed E-state index contributed by atoms with van der Waals surface area (Å²) in [7, 11) is 0. The van der Waals surface area contributed by atoms with Crippen molar-refractivity contribution in [2.24, 2.45) is 11.8 Å². The van der Waals surface area contributed by atoms with Crippen LogP contribution in [0.15, 0.2) is 0 Å². The van der Waals surface area contributed by atoms with Crippen LogP contribution in [0, 0.1) is 11.8 Å². The number of alkyl carbamates (subject to hydrolysis) is 1. The van der Waals surface area contributed by atoms with E-state index in [-0.39, 0.29) is 28.9 Å². The smallest absolute Gasteiger partial charge is 0.430 e. The second-order valence-electron chi connectivity index (χ2n) is 12.6.